The molecule has 4 rings (SSSR count). The number of rotatable bonds is 6. The van der Waals surface area contributed by atoms with Gasteiger partial charge in [0.05, 0.1) is 5.69 Å². The van der Waals surface area contributed by atoms with Crippen molar-refractivity contribution in [3.63, 3.8) is 0 Å². The number of carbonyl (C=O) groups excluding carboxylic acids is 1. The summed E-state index contributed by atoms with van der Waals surface area (Å²) >= 11 is 0. The number of benzene rings is 3. The summed E-state index contributed by atoms with van der Waals surface area (Å²) in [5.74, 6) is 1.26. The maximum atomic E-state index is 12.2. The van der Waals surface area contributed by atoms with E-state index in [-0.39, 0.29) is 5.91 Å². The van der Waals surface area contributed by atoms with Crippen molar-refractivity contribution >= 4 is 11.6 Å². The lowest BCUT2D eigenvalue weighted by atomic mass is 9.90. The SMILES string of the molecule is CC(=O)N1CC(CCN)Cc2ccc(OCc3ccc(-c4ccccc4)cc3)cc21. The van der Waals surface area contributed by atoms with E-state index in [1.165, 1.54) is 16.7 Å². The van der Waals surface area contributed by atoms with Gasteiger partial charge in [-0.1, -0.05) is 60.7 Å². The van der Waals surface area contributed by atoms with Crippen molar-refractivity contribution in [3.8, 4) is 16.9 Å². The fourth-order valence-corrected chi connectivity index (χ4v) is 4.11. The zero-order valence-corrected chi connectivity index (χ0v) is 17.4. The molecule has 0 aromatic heterocycles. The fraction of sp³-hybridized carbons (Fsp3) is 0.269. The largest absolute Gasteiger partial charge is 0.489 e. The number of fused-ring (bicyclic) bond motifs is 1. The second kappa shape index (κ2) is 9.14. The average Bonchev–Trinajstić information content (AvgIpc) is 2.78. The van der Waals surface area contributed by atoms with E-state index in [4.69, 9.17) is 10.5 Å². The van der Waals surface area contributed by atoms with E-state index in [9.17, 15) is 4.79 Å². The Kier molecular flexibility index (Phi) is 6.15. The Morgan fingerprint density at radius 2 is 1.77 bits per heavy atom. The monoisotopic (exact) mass is 400 g/mol. The Labute approximate surface area is 178 Å². The number of ether oxygens (including phenoxy) is 1. The number of anilines is 1. The first kappa shape index (κ1) is 20.2. The number of nitrogens with two attached hydrogens (primary N) is 1. The molecule has 1 amide bonds. The van der Waals surface area contributed by atoms with Crippen molar-refractivity contribution < 1.29 is 9.53 Å². The van der Waals surface area contributed by atoms with Crippen molar-refractivity contribution in [1.29, 1.82) is 0 Å². The highest BCUT2D eigenvalue weighted by Gasteiger charge is 2.26. The first-order valence-corrected chi connectivity index (χ1v) is 10.5. The lowest BCUT2D eigenvalue weighted by molar-refractivity contribution is -0.116. The zero-order valence-electron chi connectivity index (χ0n) is 17.4. The minimum Gasteiger partial charge on any atom is -0.489 e. The van der Waals surface area contributed by atoms with Gasteiger partial charge in [-0.05, 0) is 53.6 Å². The maximum Gasteiger partial charge on any atom is 0.223 e. The Morgan fingerprint density at radius 3 is 2.47 bits per heavy atom. The zero-order chi connectivity index (χ0) is 20.9. The molecule has 1 aliphatic heterocycles. The smallest absolute Gasteiger partial charge is 0.223 e. The van der Waals surface area contributed by atoms with Crippen LogP contribution in [0.4, 0.5) is 5.69 Å². The Balaban J connectivity index is 1.46. The van der Waals surface area contributed by atoms with Crippen LogP contribution in [-0.4, -0.2) is 19.0 Å². The van der Waals surface area contributed by atoms with Crippen LogP contribution in [-0.2, 0) is 17.8 Å². The van der Waals surface area contributed by atoms with Crippen LogP contribution in [0.2, 0.25) is 0 Å². The van der Waals surface area contributed by atoms with Gasteiger partial charge in [0.1, 0.15) is 12.4 Å². The minimum absolute atomic E-state index is 0.0617. The summed E-state index contributed by atoms with van der Waals surface area (Å²) in [7, 11) is 0. The summed E-state index contributed by atoms with van der Waals surface area (Å²) in [6.45, 7) is 3.49. The molecule has 0 fully saturated rings. The summed E-state index contributed by atoms with van der Waals surface area (Å²) in [6, 6.07) is 24.8. The third kappa shape index (κ3) is 4.55. The molecule has 1 heterocycles. The summed E-state index contributed by atoms with van der Waals surface area (Å²) in [4.78, 5) is 14.1. The summed E-state index contributed by atoms with van der Waals surface area (Å²) in [5, 5.41) is 0. The molecule has 154 valence electrons. The van der Waals surface area contributed by atoms with Gasteiger partial charge in [0, 0.05) is 19.5 Å². The number of amides is 1. The normalized spacial score (nSPS) is 15.5. The Hall–Kier alpha value is -3.11. The average molecular weight is 401 g/mol. The summed E-state index contributed by atoms with van der Waals surface area (Å²) < 4.78 is 6.05. The van der Waals surface area contributed by atoms with Crippen LogP contribution in [0, 0.1) is 5.92 Å². The quantitative estimate of drug-likeness (QED) is 0.646. The first-order chi connectivity index (χ1) is 14.6. The van der Waals surface area contributed by atoms with Gasteiger partial charge in [0.25, 0.3) is 0 Å². The van der Waals surface area contributed by atoms with Crippen molar-refractivity contribution in [2.45, 2.75) is 26.4 Å². The fourth-order valence-electron chi connectivity index (χ4n) is 4.11. The molecule has 0 saturated carbocycles. The molecule has 0 spiro atoms. The van der Waals surface area contributed by atoms with Gasteiger partial charge in [0.2, 0.25) is 5.91 Å². The molecule has 0 bridgehead atoms. The molecular formula is C26H28N2O2. The Bertz CT molecular complexity index is 999. The van der Waals surface area contributed by atoms with Crippen molar-refractivity contribution in [3.05, 3.63) is 83.9 Å². The van der Waals surface area contributed by atoms with Crippen LogP contribution in [0.15, 0.2) is 72.8 Å². The number of nitrogens with zero attached hydrogens (tertiary/aromatic N) is 1. The highest BCUT2D eigenvalue weighted by molar-refractivity contribution is 5.93. The third-order valence-corrected chi connectivity index (χ3v) is 5.72. The maximum absolute atomic E-state index is 12.2. The third-order valence-electron chi connectivity index (χ3n) is 5.72. The molecule has 3 aromatic carbocycles. The van der Waals surface area contributed by atoms with Crippen LogP contribution in [0.1, 0.15) is 24.5 Å². The Morgan fingerprint density at radius 1 is 1.03 bits per heavy atom. The molecular weight excluding hydrogens is 372 g/mol. The topological polar surface area (TPSA) is 55.6 Å². The summed E-state index contributed by atoms with van der Waals surface area (Å²) in [6.07, 6.45) is 1.89. The van der Waals surface area contributed by atoms with E-state index in [2.05, 4.69) is 42.5 Å². The van der Waals surface area contributed by atoms with Crippen LogP contribution in [0.25, 0.3) is 11.1 Å². The van der Waals surface area contributed by atoms with E-state index in [1.807, 2.05) is 35.2 Å². The number of hydrogen-bond acceptors (Lipinski definition) is 3. The predicted octanol–water partition coefficient (Wildman–Crippen LogP) is 4.81. The standard InChI is InChI=1S/C26H28N2O2/c1-19(29)28-17-21(13-14-27)15-24-11-12-25(16-26(24)28)30-18-20-7-9-23(10-8-20)22-5-3-2-4-6-22/h2-12,16,21H,13-15,17-18,27H2,1H3. The number of hydrogen-bond donors (Lipinski definition) is 1. The first-order valence-electron chi connectivity index (χ1n) is 10.5. The van der Waals surface area contributed by atoms with E-state index >= 15 is 0 Å². The van der Waals surface area contributed by atoms with Gasteiger partial charge in [-0.3, -0.25) is 4.79 Å². The molecule has 0 aliphatic carbocycles. The van der Waals surface area contributed by atoms with Gasteiger partial charge in [-0.25, -0.2) is 0 Å². The highest BCUT2D eigenvalue weighted by atomic mass is 16.5. The molecule has 1 aliphatic rings. The molecule has 4 heteroatoms. The number of carbonyl (C=O) groups is 1. The molecule has 1 atom stereocenters. The molecule has 2 N–H and O–H groups in total. The lowest BCUT2D eigenvalue weighted by Gasteiger charge is -2.34. The molecule has 4 nitrogen and oxygen atoms in total. The van der Waals surface area contributed by atoms with Gasteiger partial charge < -0.3 is 15.4 Å². The molecule has 0 radical (unpaired) electrons. The molecule has 1 unspecified atom stereocenters. The van der Waals surface area contributed by atoms with Crippen molar-refractivity contribution in [1.82, 2.24) is 0 Å². The van der Waals surface area contributed by atoms with Crippen LogP contribution >= 0.6 is 0 Å². The van der Waals surface area contributed by atoms with Crippen LogP contribution in [0.3, 0.4) is 0 Å². The minimum atomic E-state index is 0.0617. The van der Waals surface area contributed by atoms with Gasteiger partial charge in [-0.2, -0.15) is 0 Å². The predicted molar refractivity (Wildman–Crippen MR) is 122 cm³/mol. The van der Waals surface area contributed by atoms with Gasteiger partial charge in [-0.15, -0.1) is 0 Å². The van der Waals surface area contributed by atoms with Gasteiger partial charge >= 0.3 is 0 Å². The molecule has 30 heavy (non-hydrogen) atoms. The van der Waals surface area contributed by atoms with Crippen molar-refractivity contribution in [2.24, 2.45) is 11.7 Å². The van der Waals surface area contributed by atoms with Gasteiger partial charge in [0.15, 0.2) is 0 Å². The summed E-state index contributed by atoms with van der Waals surface area (Å²) in [5.41, 5.74) is 11.4. The van der Waals surface area contributed by atoms with E-state index in [1.54, 1.807) is 6.92 Å². The van der Waals surface area contributed by atoms with Crippen molar-refractivity contribution in [2.75, 3.05) is 18.0 Å². The van der Waals surface area contributed by atoms with Crippen LogP contribution in [0.5, 0.6) is 5.75 Å². The lowest BCUT2D eigenvalue weighted by Crippen LogP contribution is -2.39. The molecule has 0 saturated heterocycles. The highest BCUT2D eigenvalue weighted by Crippen LogP contribution is 2.34. The molecule has 3 aromatic rings. The second-order valence-corrected chi connectivity index (χ2v) is 7.92. The van der Waals surface area contributed by atoms with E-state index in [0.717, 1.165) is 36.4 Å². The van der Waals surface area contributed by atoms with E-state index in [0.29, 0.717) is 19.1 Å². The van der Waals surface area contributed by atoms with Crippen LogP contribution < -0.4 is 15.4 Å². The van der Waals surface area contributed by atoms with E-state index < -0.39 is 0 Å². The second-order valence-electron chi connectivity index (χ2n) is 7.92.